The summed E-state index contributed by atoms with van der Waals surface area (Å²) in [6, 6.07) is 0. The van der Waals surface area contributed by atoms with Crippen LogP contribution in [0.1, 0.15) is 51.9 Å². The third-order valence-corrected chi connectivity index (χ3v) is 3.85. The Bertz CT molecular complexity index is 217. The molecule has 3 atom stereocenters. The van der Waals surface area contributed by atoms with Gasteiger partial charge in [0.2, 0.25) is 0 Å². The van der Waals surface area contributed by atoms with Crippen LogP contribution in [0.25, 0.3) is 0 Å². The molecule has 1 saturated heterocycles. The van der Waals surface area contributed by atoms with E-state index in [1.807, 2.05) is 0 Å². The Morgan fingerprint density at radius 2 is 2.13 bits per heavy atom. The Morgan fingerprint density at radius 3 is 2.80 bits per heavy atom. The number of carbonyl (C=O) groups is 1. The van der Waals surface area contributed by atoms with Gasteiger partial charge in [0, 0.05) is 19.4 Å². The van der Waals surface area contributed by atoms with Gasteiger partial charge in [-0.3, -0.25) is 4.79 Å². The van der Waals surface area contributed by atoms with Gasteiger partial charge >= 0.3 is 0 Å². The topological polar surface area (TPSA) is 26.3 Å². The van der Waals surface area contributed by atoms with Crippen molar-refractivity contribution in [1.29, 1.82) is 0 Å². The molecule has 86 valence electrons. The average Bonchev–Trinajstić information content (AvgIpc) is 2.22. The summed E-state index contributed by atoms with van der Waals surface area (Å²) in [7, 11) is 0. The number of rotatable bonds is 2. The maximum absolute atomic E-state index is 11.3. The standard InChI is InChI=1S/C13H22O2/c1-10-5-6-12(9-15-10)7-11-3-2-4-13(14)8-11/h10-12H,2-9H2,1H3. The molecule has 2 heteroatoms. The molecule has 0 spiro atoms. The van der Waals surface area contributed by atoms with Crippen molar-refractivity contribution in [3.63, 3.8) is 0 Å². The maximum Gasteiger partial charge on any atom is 0.133 e. The second-order valence-electron chi connectivity index (χ2n) is 5.32. The summed E-state index contributed by atoms with van der Waals surface area (Å²) >= 11 is 0. The molecular formula is C13H22O2. The zero-order valence-corrected chi connectivity index (χ0v) is 9.71. The zero-order chi connectivity index (χ0) is 10.7. The highest BCUT2D eigenvalue weighted by Crippen LogP contribution is 2.31. The molecule has 0 aromatic carbocycles. The van der Waals surface area contributed by atoms with Gasteiger partial charge in [-0.1, -0.05) is 0 Å². The highest BCUT2D eigenvalue weighted by atomic mass is 16.5. The monoisotopic (exact) mass is 210 g/mol. The molecule has 1 aliphatic carbocycles. The van der Waals surface area contributed by atoms with Crippen molar-refractivity contribution in [3.8, 4) is 0 Å². The molecule has 2 rings (SSSR count). The van der Waals surface area contributed by atoms with Crippen LogP contribution in [-0.2, 0) is 9.53 Å². The van der Waals surface area contributed by atoms with Crippen LogP contribution in [0.15, 0.2) is 0 Å². The number of carbonyl (C=O) groups excluding carboxylic acids is 1. The molecule has 0 aromatic rings. The van der Waals surface area contributed by atoms with E-state index in [-0.39, 0.29) is 0 Å². The first kappa shape index (κ1) is 11.1. The minimum Gasteiger partial charge on any atom is -0.378 e. The molecule has 1 aliphatic heterocycles. The van der Waals surface area contributed by atoms with E-state index in [0.717, 1.165) is 31.8 Å². The fourth-order valence-electron chi connectivity index (χ4n) is 2.91. The fraction of sp³-hybridized carbons (Fsp3) is 0.923. The van der Waals surface area contributed by atoms with Gasteiger partial charge in [-0.25, -0.2) is 0 Å². The van der Waals surface area contributed by atoms with Crippen LogP contribution in [0.3, 0.4) is 0 Å². The molecular weight excluding hydrogens is 188 g/mol. The van der Waals surface area contributed by atoms with E-state index >= 15 is 0 Å². The van der Waals surface area contributed by atoms with Crippen molar-refractivity contribution >= 4 is 5.78 Å². The number of hydrogen-bond donors (Lipinski definition) is 0. The molecule has 3 unspecified atom stereocenters. The van der Waals surface area contributed by atoms with Gasteiger partial charge in [0.05, 0.1) is 6.10 Å². The Morgan fingerprint density at radius 1 is 1.27 bits per heavy atom. The summed E-state index contributed by atoms with van der Waals surface area (Å²) < 4.78 is 5.67. The van der Waals surface area contributed by atoms with Crippen LogP contribution < -0.4 is 0 Å². The molecule has 0 N–H and O–H groups in total. The molecule has 15 heavy (non-hydrogen) atoms. The van der Waals surface area contributed by atoms with Gasteiger partial charge < -0.3 is 4.74 Å². The van der Waals surface area contributed by atoms with Crippen LogP contribution in [0, 0.1) is 11.8 Å². The summed E-state index contributed by atoms with van der Waals surface area (Å²) in [6.07, 6.45) is 8.22. The average molecular weight is 210 g/mol. The van der Waals surface area contributed by atoms with Gasteiger partial charge in [0.1, 0.15) is 5.78 Å². The van der Waals surface area contributed by atoms with Crippen LogP contribution in [-0.4, -0.2) is 18.5 Å². The smallest absolute Gasteiger partial charge is 0.133 e. The lowest BCUT2D eigenvalue weighted by Gasteiger charge is -2.30. The number of ketones is 1. The van der Waals surface area contributed by atoms with Crippen LogP contribution in [0.2, 0.25) is 0 Å². The van der Waals surface area contributed by atoms with Crippen molar-refractivity contribution < 1.29 is 9.53 Å². The molecule has 1 saturated carbocycles. The lowest BCUT2D eigenvalue weighted by Crippen LogP contribution is -2.27. The van der Waals surface area contributed by atoms with E-state index in [0.29, 0.717) is 17.8 Å². The second-order valence-corrected chi connectivity index (χ2v) is 5.32. The van der Waals surface area contributed by atoms with Gasteiger partial charge in [0.25, 0.3) is 0 Å². The fourth-order valence-corrected chi connectivity index (χ4v) is 2.91. The minimum absolute atomic E-state index is 0.453. The Balaban J connectivity index is 1.74. The first-order valence-corrected chi connectivity index (χ1v) is 6.37. The minimum atomic E-state index is 0.453. The lowest BCUT2D eigenvalue weighted by molar-refractivity contribution is -0.121. The molecule has 1 heterocycles. The molecule has 2 fully saturated rings. The van der Waals surface area contributed by atoms with E-state index in [1.54, 1.807) is 0 Å². The lowest BCUT2D eigenvalue weighted by atomic mass is 9.80. The first-order valence-electron chi connectivity index (χ1n) is 6.37. The SMILES string of the molecule is CC1CCC(CC2CCCC(=O)C2)CO1. The van der Waals surface area contributed by atoms with Crippen molar-refractivity contribution in [1.82, 2.24) is 0 Å². The van der Waals surface area contributed by atoms with E-state index in [4.69, 9.17) is 4.74 Å². The predicted octanol–water partition coefficient (Wildman–Crippen LogP) is 2.95. The van der Waals surface area contributed by atoms with Gasteiger partial charge in [-0.05, 0) is 50.9 Å². The van der Waals surface area contributed by atoms with E-state index < -0.39 is 0 Å². The number of Topliss-reactive ketones (excluding diaryl/α,β-unsaturated/α-hetero) is 1. The van der Waals surface area contributed by atoms with Gasteiger partial charge in [0.15, 0.2) is 0 Å². The summed E-state index contributed by atoms with van der Waals surface area (Å²) in [5.41, 5.74) is 0. The van der Waals surface area contributed by atoms with Crippen LogP contribution >= 0.6 is 0 Å². The third kappa shape index (κ3) is 3.30. The zero-order valence-electron chi connectivity index (χ0n) is 9.71. The number of ether oxygens (including phenoxy) is 1. The Hall–Kier alpha value is -0.370. The number of hydrogen-bond acceptors (Lipinski definition) is 2. The highest BCUT2D eigenvalue weighted by Gasteiger charge is 2.25. The molecule has 0 radical (unpaired) electrons. The Kier molecular flexibility index (Phi) is 3.79. The van der Waals surface area contributed by atoms with Crippen LogP contribution in [0.5, 0.6) is 0 Å². The van der Waals surface area contributed by atoms with Crippen molar-refractivity contribution in [2.24, 2.45) is 11.8 Å². The van der Waals surface area contributed by atoms with Crippen molar-refractivity contribution in [3.05, 3.63) is 0 Å². The first-order chi connectivity index (χ1) is 7.24. The molecule has 0 bridgehead atoms. The second kappa shape index (κ2) is 5.11. The molecule has 0 amide bonds. The maximum atomic E-state index is 11.3. The summed E-state index contributed by atoms with van der Waals surface area (Å²) in [5, 5.41) is 0. The van der Waals surface area contributed by atoms with Crippen molar-refractivity contribution in [2.75, 3.05) is 6.61 Å². The molecule has 2 nitrogen and oxygen atoms in total. The van der Waals surface area contributed by atoms with E-state index in [9.17, 15) is 4.79 Å². The largest absolute Gasteiger partial charge is 0.378 e. The van der Waals surface area contributed by atoms with Crippen LogP contribution in [0.4, 0.5) is 0 Å². The van der Waals surface area contributed by atoms with E-state index in [1.165, 1.54) is 25.7 Å². The summed E-state index contributed by atoms with van der Waals surface area (Å²) in [6.45, 7) is 3.08. The third-order valence-electron chi connectivity index (χ3n) is 3.85. The quantitative estimate of drug-likeness (QED) is 0.700. The molecule has 0 aromatic heterocycles. The van der Waals surface area contributed by atoms with E-state index in [2.05, 4.69) is 6.92 Å². The molecule has 2 aliphatic rings. The summed E-state index contributed by atoms with van der Waals surface area (Å²) in [4.78, 5) is 11.3. The normalized spacial score (nSPS) is 37.9. The van der Waals surface area contributed by atoms with Gasteiger partial charge in [-0.15, -0.1) is 0 Å². The summed E-state index contributed by atoms with van der Waals surface area (Å²) in [5.74, 6) is 1.86. The van der Waals surface area contributed by atoms with Crippen molar-refractivity contribution in [2.45, 2.75) is 58.0 Å². The van der Waals surface area contributed by atoms with Gasteiger partial charge in [-0.2, -0.15) is 0 Å². The predicted molar refractivity (Wildman–Crippen MR) is 59.7 cm³/mol. The highest BCUT2D eigenvalue weighted by molar-refractivity contribution is 5.79. The Labute approximate surface area is 92.4 Å².